The quantitative estimate of drug-likeness (QED) is 0.670. The SMILES string of the molecule is Cc1cccc(C(=O)N2CCCC2)c1NC(=O)N(CCC(C)C)CCC(C)C. The molecule has 0 aliphatic carbocycles. The van der Waals surface area contributed by atoms with E-state index in [2.05, 4.69) is 33.0 Å². The molecule has 1 saturated heterocycles. The minimum absolute atomic E-state index is 0.0208. The van der Waals surface area contributed by atoms with Gasteiger partial charge in [-0.2, -0.15) is 0 Å². The van der Waals surface area contributed by atoms with E-state index in [-0.39, 0.29) is 11.9 Å². The predicted octanol–water partition coefficient (Wildman–Crippen LogP) is 5.16. The number of benzene rings is 1. The monoisotopic (exact) mass is 387 g/mol. The summed E-state index contributed by atoms with van der Waals surface area (Å²) in [6.45, 7) is 13.7. The molecule has 1 aromatic carbocycles. The van der Waals surface area contributed by atoms with Crippen LogP contribution in [0.1, 0.15) is 69.3 Å². The summed E-state index contributed by atoms with van der Waals surface area (Å²) in [7, 11) is 0. The first-order chi connectivity index (χ1) is 13.3. The number of urea groups is 1. The van der Waals surface area contributed by atoms with Crippen LogP contribution in [0.5, 0.6) is 0 Å². The highest BCUT2D eigenvalue weighted by Crippen LogP contribution is 2.24. The molecular formula is C23H37N3O2. The second-order valence-electron chi connectivity index (χ2n) is 8.78. The first-order valence-corrected chi connectivity index (χ1v) is 10.7. The highest BCUT2D eigenvalue weighted by Gasteiger charge is 2.24. The summed E-state index contributed by atoms with van der Waals surface area (Å²) >= 11 is 0. The number of amides is 3. The number of hydrogen-bond acceptors (Lipinski definition) is 2. The number of carbonyl (C=O) groups excluding carboxylic acids is 2. The van der Waals surface area contributed by atoms with Crippen molar-refractivity contribution >= 4 is 17.6 Å². The summed E-state index contributed by atoms with van der Waals surface area (Å²) < 4.78 is 0. The van der Waals surface area contributed by atoms with Crippen LogP contribution in [0, 0.1) is 18.8 Å². The Balaban J connectivity index is 2.18. The molecule has 0 radical (unpaired) electrons. The molecule has 1 fully saturated rings. The van der Waals surface area contributed by atoms with Gasteiger partial charge in [-0.3, -0.25) is 4.79 Å². The Labute approximate surface area is 170 Å². The second-order valence-corrected chi connectivity index (χ2v) is 8.78. The lowest BCUT2D eigenvalue weighted by atomic mass is 10.1. The summed E-state index contributed by atoms with van der Waals surface area (Å²) in [5.41, 5.74) is 2.18. The van der Waals surface area contributed by atoms with Crippen molar-refractivity contribution in [3.63, 3.8) is 0 Å². The molecule has 0 bridgehead atoms. The van der Waals surface area contributed by atoms with Crippen molar-refractivity contribution in [2.24, 2.45) is 11.8 Å². The zero-order valence-corrected chi connectivity index (χ0v) is 18.3. The lowest BCUT2D eigenvalue weighted by Gasteiger charge is -2.26. The topological polar surface area (TPSA) is 52.7 Å². The fourth-order valence-electron chi connectivity index (χ4n) is 3.43. The Morgan fingerprint density at radius 2 is 1.61 bits per heavy atom. The number of anilines is 1. The molecule has 0 unspecified atom stereocenters. The Morgan fingerprint density at radius 1 is 1.04 bits per heavy atom. The van der Waals surface area contributed by atoms with E-state index in [1.165, 1.54) is 0 Å². The first kappa shape index (κ1) is 22.3. The van der Waals surface area contributed by atoms with E-state index in [0.29, 0.717) is 23.1 Å². The minimum Gasteiger partial charge on any atom is -0.339 e. The van der Waals surface area contributed by atoms with Gasteiger partial charge in [0.25, 0.3) is 5.91 Å². The number of hydrogen-bond donors (Lipinski definition) is 1. The van der Waals surface area contributed by atoms with Crippen LogP contribution in [0.4, 0.5) is 10.5 Å². The van der Waals surface area contributed by atoms with Gasteiger partial charge in [0.2, 0.25) is 0 Å². The molecule has 0 spiro atoms. The maximum absolute atomic E-state index is 13.1. The highest BCUT2D eigenvalue weighted by molar-refractivity contribution is 6.04. The Hall–Kier alpha value is -2.04. The average molecular weight is 388 g/mol. The van der Waals surface area contributed by atoms with Gasteiger partial charge in [0.05, 0.1) is 11.3 Å². The van der Waals surface area contributed by atoms with E-state index in [4.69, 9.17) is 0 Å². The molecule has 5 nitrogen and oxygen atoms in total. The van der Waals surface area contributed by atoms with Gasteiger partial charge in [0, 0.05) is 26.2 Å². The number of rotatable bonds is 8. The molecule has 1 aliphatic heterocycles. The van der Waals surface area contributed by atoms with Crippen LogP contribution in [0.15, 0.2) is 18.2 Å². The van der Waals surface area contributed by atoms with Crippen LogP contribution in [-0.4, -0.2) is 47.9 Å². The predicted molar refractivity (Wildman–Crippen MR) is 116 cm³/mol. The Morgan fingerprint density at radius 3 is 2.14 bits per heavy atom. The van der Waals surface area contributed by atoms with Gasteiger partial charge in [-0.1, -0.05) is 39.8 Å². The van der Waals surface area contributed by atoms with Crippen molar-refractivity contribution in [1.82, 2.24) is 9.80 Å². The average Bonchev–Trinajstić information content (AvgIpc) is 3.17. The molecule has 1 N–H and O–H groups in total. The van der Waals surface area contributed by atoms with Crippen molar-refractivity contribution in [3.8, 4) is 0 Å². The largest absolute Gasteiger partial charge is 0.339 e. The number of nitrogens with zero attached hydrogens (tertiary/aromatic N) is 2. The summed E-state index contributed by atoms with van der Waals surface area (Å²) in [5.74, 6) is 1.10. The smallest absolute Gasteiger partial charge is 0.321 e. The Kier molecular flexibility index (Phi) is 8.34. The molecule has 3 amide bonds. The van der Waals surface area contributed by atoms with Crippen LogP contribution in [0.25, 0.3) is 0 Å². The van der Waals surface area contributed by atoms with Crippen LogP contribution in [0.2, 0.25) is 0 Å². The summed E-state index contributed by atoms with van der Waals surface area (Å²) in [6.07, 6.45) is 4.05. The third-order valence-corrected chi connectivity index (χ3v) is 5.37. The fourth-order valence-corrected chi connectivity index (χ4v) is 3.43. The lowest BCUT2D eigenvalue weighted by molar-refractivity contribution is 0.0793. The van der Waals surface area contributed by atoms with Crippen LogP contribution in [-0.2, 0) is 0 Å². The summed E-state index contributed by atoms with van der Waals surface area (Å²) in [6, 6.07) is 5.56. The van der Waals surface area contributed by atoms with Gasteiger partial charge in [0.15, 0.2) is 0 Å². The molecule has 156 valence electrons. The zero-order valence-electron chi connectivity index (χ0n) is 18.3. The minimum atomic E-state index is -0.105. The van der Waals surface area contributed by atoms with Crippen molar-refractivity contribution in [1.29, 1.82) is 0 Å². The van der Waals surface area contributed by atoms with Crippen molar-refractivity contribution in [2.45, 2.75) is 60.3 Å². The number of para-hydroxylation sites is 1. The maximum atomic E-state index is 13.1. The number of aryl methyl sites for hydroxylation is 1. The first-order valence-electron chi connectivity index (χ1n) is 10.7. The zero-order chi connectivity index (χ0) is 20.7. The molecule has 0 atom stereocenters. The summed E-state index contributed by atoms with van der Waals surface area (Å²) in [4.78, 5) is 29.8. The normalized spacial score (nSPS) is 14.0. The van der Waals surface area contributed by atoms with Gasteiger partial charge < -0.3 is 15.1 Å². The van der Waals surface area contributed by atoms with E-state index in [0.717, 1.165) is 57.4 Å². The molecule has 1 heterocycles. The van der Waals surface area contributed by atoms with Crippen LogP contribution >= 0.6 is 0 Å². The van der Waals surface area contributed by atoms with Gasteiger partial charge in [-0.25, -0.2) is 4.79 Å². The molecule has 1 aliphatic rings. The molecule has 0 aromatic heterocycles. The van der Waals surface area contributed by atoms with E-state index >= 15 is 0 Å². The highest BCUT2D eigenvalue weighted by atomic mass is 16.2. The van der Waals surface area contributed by atoms with E-state index in [1.807, 2.05) is 34.9 Å². The van der Waals surface area contributed by atoms with Crippen molar-refractivity contribution < 1.29 is 9.59 Å². The lowest BCUT2D eigenvalue weighted by Crippen LogP contribution is -2.38. The van der Waals surface area contributed by atoms with Crippen molar-refractivity contribution in [2.75, 3.05) is 31.5 Å². The molecule has 28 heavy (non-hydrogen) atoms. The molecule has 0 saturated carbocycles. The van der Waals surface area contributed by atoms with E-state index in [1.54, 1.807) is 0 Å². The van der Waals surface area contributed by atoms with Gasteiger partial charge in [0.1, 0.15) is 0 Å². The second kappa shape index (κ2) is 10.5. The van der Waals surface area contributed by atoms with Gasteiger partial charge in [-0.05, 0) is 56.1 Å². The summed E-state index contributed by atoms with van der Waals surface area (Å²) in [5, 5.41) is 3.07. The van der Waals surface area contributed by atoms with Crippen molar-refractivity contribution in [3.05, 3.63) is 29.3 Å². The molecular weight excluding hydrogens is 350 g/mol. The Bertz CT molecular complexity index is 652. The molecule has 1 aromatic rings. The molecule has 2 rings (SSSR count). The van der Waals surface area contributed by atoms with Crippen LogP contribution < -0.4 is 5.32 Å². The standard InChI is InChI=1S/C23H37N3O2/c1-17(2)11-15-26(16-12-18(3)4)23(28)24-21-19(5)9-8-10-20(21)22(27)25-13-6-7-14-25/h8-10,17-18H,6-7,11-16H2,1-5H3,(H,24,28). The van der Waals surface area contributed by atoms with Gasteiger partial charge in [-0.15, -0.1) is 0 Å². The molecule has 5 heteroatoms. The van der Waals surface area contributed by atoms with Gasteiger partial charge >= 0.3 is 6.03 Å². The van der Waals surface area contributed by atoms with E-state index < -0.39 is 0 Å². The number of carbonyl (C=O) groups is 2. The number of nitrogens with one attached hydrogen (secondary N) is 1. The van der Waals surface area contributed by atoms with E-state index in [9.17, 15) is 9.59 Å². The maximum Gasteiger partial charge on any atom is 0.321 e. The number of likely N-dealkylation sites (tertiary alicyclic amines) is 1. The third kappa shape index (κ3) is 6.25. The van der Waals surface area contributed by atoms with Crippen LogP contribution in [0.3, 0.4) is 0 Å². The third-order valence-electron chi connectivity index (χ3n) is 5.37. The fraction of sp³-hybridized carbons (Fsp3) is 0.652.